The Labute approximate surface area is 141 Å². The third-order valence-electron chi connectivity index (χ3n) is 4.39. The summed E-state index contributed by atoms with van der Waals surface area (Å²) in [4.78, 5) is 16.8. The van der Waals surface area contributed by atoms with Gasteiger partial charge in [-0.3, -0.25) is 9.78 Å². The molecule has 1 amide bonds. The fourth-order valence-corrected chi connectivity index (χ4v) is 2.93. The van der Waals surface area contributed by atoms with Crippen molar-refractivity contribution >= 4 is 16.9 Å². The van der Waals surface area contributed by atoms with Gasteiger partial charge in [0, 0.05) is 29.3 Å². The molecule has 3 aromatic rings. The monoisotopic (exact) mass is 322 g/mol. The summed E-state index contributed by atoms with van der Waals surface area (Å²) in [5.74, 6) is 0.784. The summed E-state index contributed by atoms with van der Waals surface area (Å²) >= 11 is 0. The Morgan fingerprint density at radius 1 is 1.17 bits per heavy atom. The number of benzene rings is 1. The molecule has 24 heavy (non-hydrogen) atoms. The summed E-state index contributed by atoms with van der Waals surface area (Å²) < 4.78 is 5.99. The molecule has 1 unspecified atom stereocenters. The van der Waals surface area contributed by atoms with E-state index in [0.29, 0.717) is 0 Å². The molecule has 0 fully saturated rings. The normalized spacial score (nSPS) is 12.5. The van der Waals surface area contributed by atoms with E-state index >= 15 is 0 Å². The first-order chi connectivity index (χ1) is 11.7. The molecule has 0 aliphatic rings. The molecule has 2 aromatic heterocycles. The van der Waals surface area contributed by atoms with Crippen LogP contribution in [0.1, 0.15) is 44.1 Å². The van der Waals surface area contributed by atoms with E-state index in [9.17, 15) is 4.79 Å². The van der Waals surface area contributed by atoms with Crippen molar-refractivity contribution in [3.8, 4) is 0 Å². The number of amides is 1. The maximum absolute atomic E-state index is 12.6. The highest BCUT2D eigenvalue weighted by Crippen LogP contribution is 2.28. The van der Waals surface area contributed by atoms with Gasteiger partial charge in [0.1, 0.15) is 17.4 Å². The topological polar surface area (TPSA) is 55.1 Å². The van der Waals surface area contributed by atoms with Gasteiger partial charge in [0.05, 0.1) is 0 Å². The number of rotatable bonds is 6. The van der Waals surface area contributed by atoms with E-state index in [1.165, 1.54) is 0 Å². The van der Waals surface area contributed by atoms with Gasteiger partial charge in [0.2, 0.25) is 5.91 Å². The van der Waals surface area contributed by atoms with Crippen LogP contribution in [0.15, 0.2) is 59.3 Å². The van der Waals surface area contributed by atoms with Crippen molar-refractivity contribution in [2.45, 2.75) is 32.7 Å². The second-order valence-electron chi connectivity index (χ2n) is 5.93. The minimum atomic E-state index is -0.334. The van der Waals surface area contributed by atoms with Crippen LogP contribution in [0.4, 0.5) is 0 Å². The van der Waals surface area contributed by atoms with Crippen molar-refractivity contribution in [1.29, 1.82) is 0 Å². The van der Waals surface area contributed by atoms with Crippen LogP contribution in [0, 0.1) is 5.92 Å². The Morgan fingerprint density at radius 2 is 1.96 bits per heavy atom. The van der Waals surface area contributed by atoms with E-state index in [4.69, 9.17) is 4.42 Å². The zero-order valence-corrected chi connectivity index (χ0v) is 14.0. The maximum Gasteiger partial charge on any atom is 0.223 e. The average molecular weight is 322 g/mol. The zero-order valence-electron chi connectivity index (χ0n) is 14.0. The van der Waals surface area contributed by atoms with E-state index in [2.05, 4.69) is 10.3 Å². The van der Waals surface area contributed by atoms with E-state index < -0.39 is 0 Å². The SMILES string of the molecule is CCC(CC)C(=O)NC(c1cccnc1)c1cc2ccccc2o1. The number of fused-ring (bicyclic) bond motifs is 1. The molecule has 0 aliphatic carbocycles. The molecule has 4 heteroatoms. The number of furan rings is 1. The number of nitrogens with zero attached hydrogens (tertiary/aromatic N) is 1. The summed E-state index contributed by atoms with van der Waals surface area (Å²) in [7, 11) is 0. The summed E-state index contributed by atoms with van der Waals surface area (Å²) in [5.41, 5.74) is 1.73. The number of pyridine rings is 1. The lowest BCUT2D eigenvalue weighted by molar-refractivity contribution is -0.125. The fourth-order valence-electron chi connectivity index (χ4n) is 2.93. The molecule has 0 saturated heterocycles. The predicted molar refractivity (Wildman–Crippen MR) is 94.5 cm³/mol. The second kappa shape index (κ2) is 7.30. The van der Waals surface area contributed by atoms with Crippen molar-refractivity contribution in [3.05, 3.63) is 66.2 Å². The van der Waals surface area contributed by atoms with Gasteiger partial charge in [-0.15, -0.1) is 0 Å². The minimum Gasteiger partial charge on any atom is -0.459 e. The Bertz CT molecular complexity index is 774. The molecule has 0 aliphatic heterocycles. The van der Waals surface area contributed by atoms with Crippen LogP contribution in [0.3, 0.4) is 0 Å². The van der Waals surface area contributed by atoms with Crippen molar-refractivity contribution in [3.63, 3.8) is 0 Å². The first-order valence-corrected chi connectivity index (χ1v) is 8.41. The molecular weight excluding hydrogens is 300 g/mol. The van der Waals surface area contributed by atoms with Crippen molar-refractivity contribution < 1.29 is 9.21 Å². The quantitative estimate of drug-likeness (QED) is 0.728. The lowest BCUT2D eigenvalue weighted by Crippen LogP contribution is -2.34. The molecule has 0 radical (unpaired) electrons. The first-order valence-electron chi connectivity index (χ1n) is 8.41. The zero-order chi connectivity index (χ0) is 16.9. The van der Waals surface area contributed by atoms with Crippen molar-refractivity contribution in [2.24, 2.45) is 5.92 Å². The summed E-state index contributed by atoms with van der Waals surface area (Å²) in [6.07, 6.45) is 5.14. The Morgan fingerprint density at radius 3 is 2.62 bits per heavy atom. The van der Waals surface area contributed by atoms with Gasteiger partial charge in [0.15, 0.2) is 0 Å². The highest BCUT2D eigenvalue weighted by Gasteiger charge is 2.24. The molecular formula is C20H22N2O2. The number of nitrogens with one attached hydrogen (secondary N) is 1. The molecule has 1 N–H and O–H groups in total. The molecule has 4 nitrogen and oxygen atoms in total. The Kier molecular flexibility index (Phi) is 4.94. The average Bonchev–Trinajstić information content (AvgIpc) is 3.05. The fraction of sp³-hybridized carbons (Fsp3) is 0.300. The van der Waals surface area contributed by atoms with Gasteiger partial charge in [-0.2, -0.15) is 0 Å². The molecule has 0 bridgehead atoms. The van der Waals surface area contributed by atoms with E-state index in [0.717, 1.165) is 35.1 Å². The van der Waals surface area contributed by atoms with Crippen molar-refractivity contribution in [2.75, 3.05) is 0 Å². The Hall–Kier alpha value is -2.62. The lowest BCUT2D eigenvalue weighted by Gasteiger charge is -2.20. The summed E-state index contributed by atoms with van der Waals surface area (Å²) in [6.45, 7) is 4.07. The summed E-state index contributed by atoms with van der Waals surface area (Å²) in [6, 6.07) is 13.3. The summed E-state index contributed by atoms with van der Waals surface area (Å²) in [5, 5.41) is 4.17. The van der Waals surface area contributed by atoms with Crippen LogP contribution >= 0.6 is 0 Å². The van der Waals surface area contributed by atoms with Crippen molar-refractivity contribution in [1.82, 2.24) is 10.3 Å². The predicted octanol–water partition coefficient (Wildman–Crippen LogP) is 4.47. The van der Waals surface area contributed by atoms with Crippen LogP contribution in [0.2, 0.25) is 0 Å². The number of aromatic nitrogens is 1. The van der Waals surface area contributed by atoms with E-state index in [1.54, 1.807) is 12.4 Å². The molecule has 3 rings (SSSR count). The maximum atomic E-state index is 12.6. The molecule has 0 saturated carbocycles. The van der Waals surface area contributed by atoms with Crippen LogP contribution in [0.5, 0.6) is 0 Å². The van der Waals surface area contributed by atoms with Gasteiger partial charge in [0.25, 0.3) is 0 Å². The molecule has 0 spiro atoms. The third-order valence-corrected chi connectivity index (χ3v) is 4.39. The molecule has 2 heterocycles. The standard InChI is InChI=1S/C20H22N2O2/c1-3-14(4-2)20(23)22-19(16-9-7-11-21-13-16)18-12-15-8-5-6-10-17(15)24-18/h5-14,19H,3-4H2,1-2H3,(H,22,23). The largest absolute Gasteiger partial charge is 0.459 e. The van der Waals surface area contributed by atoms with Crippen LogP contribution in [-0.4, -0.2) is 10.9 Å². The molecule has 1 atom stereocenters. The van der Waals surface area contributed by atoms with Crippen LogP contribution in [-0.2, 0) is 4.79 Å². The van der Waals surface area contributed by atoms with E-state index in [-0.39, 0.29) is 17.9 Å². The Balaban J connectivity index is 1.97. The lowest BCUT2D eigenvalue weighted by atomic mass is 10.00. The number of carbonyl (C=O) groups is 1. The van der Waals surface area contributed by atoms with Gasteiger partial charge in [-0.25, -0.2) is 0 Å². The third kappa shape index (κ3) is 3.32. The van der Waals surface area contributed by atoms with Crippen LogP contribution in [0.25, 0.3) is 11.0 Å². The highest BCUT2D eigenvalue weighted by atomic mass is 16.3. The molecule has 1 aromatic carbocycles. The number of hydrogen-bond acceptors (Lipinski definition) is 3. The molecule has 124 valence electrons. The van der Waals surface area contributed by atoms with Crippen LogP contribution < -0.4 is 5.32 Å². The van der Waals surface area contributed by atoms with Gasteiger partial charge in [-0.05, 0) is 31.0 Å². The number of para-hydroxylation sites is 1. The number of hydrogen-bond donors (Lipinski definition) is 1. The smallest absolute Gasteiger partial charge is 0.223 e. The van der Waals surface area contributed by atoms with E-state index in [1.807, 2.05) is 56.3 Å². The van der Waals surface area contributed by atoms with Gasteiger partial charge < -0.3 is 9.73 Å². The minimum absolute atomic E-state index is 0.00792. The van der Waals surface area contributed by atoms with Gasteiger partial charge in [-0.1, -0.05) is 38.1 Å². The highest BCUT2D eigenvalue weighted by molar-refractivity contribution is 5.81. The first kappa shape index (κ1) is 16.2. The van der Waals surface area contributed by atoms with Gasteiger partial charge >= 0.3 is 0 Å². The number of carbonyl (C=O) groups excluding carboxylic acids is 1. The second-order valence-corrected chi connectivity index (χ2v) is 5.93.